The van der Waals surface area contributed by atoms with Crippen LogP contribution in [0, 0.1) is 21.4 Å². The second-order valence-electron chi connectivity index (χ2n) is 5.06. The van der Waals surface area contributed by atoms with Crippen molar-refractivity contribution in [2.75, 3.05) is 5.43 Å². The summed E-state index contributed by atoms with van der Waals surface area (Å²) in [4.78, 5) is 9.94. The van der Waals surface area contributed by atoms with Crippen molar-refractivity contribution in [2.45, 2.75) is 25.5 Å². The average molecular weight is 310 g/mol. The number of hydrazone groups is 1. The van der Waals surface area contributed by atoms with Gasteiger partial charge >= 0.3 is 0 Å². The van der Waals surface area contributed by atoms with Crippen molar-refractivity contribution in [3.8, 4) is 6.07 Å². The Morgan fingerprint density at radius 1 is 1.33 bits per heavy atom. The quantitative estimate of drug-likeness (QED) is 0.394. The van der Waals surface area contributed by atoms with Crippen molar-refractivity contribution in [3.05, 3.63) is 34.4 Å². The molecule has 0 aromatic heterocycles. The van der Waals surface area contributed by atoms with E-state index in [1.54, 1.807) is 6.07 Å². The Morgan fingerprint density at radius 2 is 1.86 bits per heavy atom. The lowest BCUT2D eigenvalue weighted by molar-refractivity contribution is -0.384. The van der Waals surface area contributed by atoms with Gasteiger partial charge in [-0.15, -0.1) is 0 Å². The summed E-state index contributed by atoms with van der Waals surface area (Å²) >= 11 is 0. The minimum atomic E-state index is -3.86. The highest BCUT2D eigenvalue weighted by atomic mass is 32.2. The van der Waals surface area contributed by atoms with Crippen LogP contribution < -0.4 is 5.43 Å². The van der Waals surface area contributed by atoms with Gasteiger partial charge in [-0.3, -0.25) is 15.5 Å². The minimum absolute atomic E-state index is 0.104. The van der Waals surface area contributed by atoms with E-state index < -0.39 is 24.6 Å². The zero-order valence-corrected chi connectivity index (χ0v) is 12.5. The predicted octanol–water partition coefficient (Wildman–Crippen LogP) is 2.06. The topological polar surface area (TPSA) is 125 Å². The lowest BCUT2D eigenvalue weighted by atomic mass is 10.3. The van der Waals surface area contributed by atoms with Gasteiger partial charge < -0.3 is 0 Å². The Hall–Kier alpha value is -2.47. The van der Waals surface area contributed by atoms with E-state index in [4.69, 9.17) is 5.26 Å². The van der Waals surface area contributed by atoms with Crippen molar-refractivity contribution in [3.63, 3.8) is 0 Å². The van der Waals surface area contributed by atoms with Gasteiger partial charge in [0.05, 0.1) is 15.4 Å². The summed E-state index contributed by atoms with van der Waals surface area (Å²) in [5, 5.41) is 22.4. The van der Waals surface area contributed by atoms with Crippen LogP contribution in [0.3, 0.4) is 0 Å². The van der Waals surface area contributed by atoms with Gasteiger partial charge in [0.15, 0.2) is 0 Å². The molecule has 0 saturated heterocycles. The molecule has 1 N–H and O–H groups in total. The second kappa shape index (κ2) is 5.88. The third-order valence-electron chi connectivity index (χ3n) is 2.52. The smallest absolute Gasteiger partial charge is 0.269 e. The van der Waals surface area contributed by atoms with E-state index >= 15 is 0 Å². The summed E-state index contributed by atoms with van der Waals surface area (Å²) in [5.41, 5.74) is 2.63. The Balaban J connectivity index is 3.03. The summed E-state index contributed by atoms with van der Waals surface area (Å²) in [6.07, 6.45) is 0. The van der Waals surface area contributed by atoms with Gasteiger partial charge in [-0.25, -0.2) is 8.42 Å². The number of anilines is 1. The first kappa shape index (κ1) is 16.6. The average Bonchev–Trinajstić information content (AvgIpc) is 2.38. The fourth-order valence-electron chi connectivity index (χ4n) is 1.21. The third kappa shape index (κ3) is 3.76. The molecular formula is C12H14N4O4S. The van der Waals surface area contributed by atoms with Crippen LogP contribution in [-0.2, 0) is 9.84 Å². The van der Waals surface area contributed by atoms with Crippen LogP contribution in [0.5, 0.6) is 0 Å². The number of non-ortho nitro benzene ring substituents is 1. The zero-order valence-electron chi connectivity index (χ0n) is 11.7. The van der Waals surface area contributed by atoms with Crippen LogP contribution >= 0.6 is 0 Å². The number of nitro benzene ring substituents is 1. The molecule has 112 valence electrons. The number of benzene rings is 1. The van der Waals surface area contributed by atoms with Crippen LogP contribution in [0.15, 0.2) is 29.4 Å². The number of hydrogen-bond donors (Lipinski definition) is 1. The lowest BCUT2D eigenvalue weighted by Gasteiger charge is -2.17. The maximum Gasteiger partial charge on any atom is 0.269 e. The summed E-state index contributed by atoms with van der Waals surface area (Å²) in [6.45, 7) is 4.38. The number of sulfone groups is 1. The van der Waals surface area contributed by atoms with Crippen molar-refractivity contribution >= 4 is 26.3 Å². The molecule has 8 nitrogen and oxygen atoms in total. The summed E-state index contributed by atoms with van der Waals surface area (Å²) in [5.74, 6) is 0. The van der Waals surface area contributed by atoms with E-state index in [-0.39, 0.29) is 5.69 Å². The molecule has 1 aromatic rings. The van der Waals surface area contributed by atoms with E-state index in [0.717, 1.165) is 0 Å². The molecule has 0 radical (unpaired) electrons. The van der Waals surface area contributed by atoms with E-state index in [9.17, 15) is 18.5 Å². The number of nitrogens with zero attached hydrogens (tertiary/aromatic N) is 3. The molecule has 0 heterocycles. The number of hydrogen-bond acceptors (Lipinski definition) is 7. The standard InChI is InChI=1S/C12H14N4O4S/c1-12(2,3)21(19,20)11(8-13)15-14-9-4-6-10(7-5-9)16(17)18/h4-7,14H,1-3H3/b15-11-. The highest BCUT2D eigenvalue weighted by Crippen LogP contribution is 2.19. The molecular weight excluding hydrogens is 296 g/mol. The highest BCUT2D eigenvalue weighted by Gasteiger charge is 2.34. The van der Waals surface area contributed by atoms with Crippen molar-refractivity contribution in [2.24, 2.45) is 5.10 Å². The molecule has 0 fully saturated rings. The fourth-order valence-corrected chi connectivity index (χ4v) is 2.07. The molecule has 0 bridgehead atoms. The number of nitro groups is 1. The van der Waals surface area contributed by atoms with E-state index in [0.29, 0.717) is 5.69 Å². The Morgan fingerprint density at radius 3 is 2.24 bits per heavy atom. The highest BCUT2D eigenvalue weighted by molar-refractivity contribution is 8.08. The molecule has 0 amide bonds. The molecule has 0 atom stereocenters. The molecule has 0 spiro atoms. The van der Waals surface area contributed by atoms with Gasteiger partial charge in [0, 0.05) is 12.1 Å². The minimum Gasteiger partial charge on any atom is -0.277 e. The Kier molecular flexibility index (Phi) is 4.65. The molecule has 1 aromatic carbocycles. The molecule has 9 heteroatoms. The maximum atomic E-state index is 12.1. The van der Waals surface area contributed by atoms with Crippen molar-refractivity contribution in [1.29, 1.82) is 5.26 Å². The van der Waals surface area contributed by atoms with Gasteiger partial charge in [0.1, 0.15) is 6.07 Å². The number of nitriles is 1. The van der Waals surface area contributed by atoms with Gasteiger partial charge in [-0.1, -0.05) is 0 Å². The van der Waals surface area contributed by atoms with Gasteiger partial charge in [-0.05, 0) is 32.9 Å². The Bertz CT molecular complexity index is 709. The van der Waals surface area contributed by atoms with Crippen molar-refractivity contribution in [1.82, 2.24) is 0 Å². The summed E-state index contributed by atoms with van der Waals surface area (Å²) in [7, 11) is -3.86. The van der Waals surface area contributed by atoms with E-state index in [1.165, 1.54) is 45.0 Å². The SMILES string of the molecule is CC(C)(C)S(=O)(=O)/C(C#N)=N\Nc1ccc([N+](=O)[O-])cc1. The monoisotopic (exact) mass is 310 g/mol. The van der Waals surface area contributed by atoms with Crippen LogP contribution in [-0.4, -0.2) is 23.1 Å². The molecule has 0 aliphatic carbocycles. The molecule has 0 saturated carbocycles. The van der Waals surface area contributed by atoms with E-state index in [2.05, 4.69) is 10.5 Å². The third-order valence-corrected chi connectivity index (χ3v) is 4.83. The van der Waals surface area contributed by atoms with Crippen LogP contribution in [0.1, 0.15) is 20.8 Å². The number of nitrogens with one attached hydrogen (secondary N) is 1. The molecule has 0 aliphatic rings. The van der Waals surface area contributed by atoms with Crippen molar-refractivity contribution < 1.29 is 13.3 Å². The van der Waals surface area contributed by atoms with Gasteiger partial charge in [0.25, 0.3) is 10.7 Å². The molecule has 0 unspecified atom stereocenters. The lowest BCUT2D eigenvalue weighted by Crippen LogP contribution is -2.34. The molecule has 0 aliphatic heterocycles. The second-order valence-corrected chi connectivity index (χ2v) is 7.68. The number of rotatable bonds is 3. The first-order valence-corrected chi connectivity index (χ1v) is 7.31. The van der Waals surface area contributed by atoms with Gasteiger partial charge in [0.2, 0.25) is 9.84 Å². The van der Waals surface area contributed by atoms with Crippen LogP contribution in [0.2, 0.25) is 0 Å². The fraction of sp³-hybridized carbons (Fsp3) is 0.333. The molecule has 21 heavy (non-hydrogen) atoms. The maximum absolute atomic E-state index is 12.1. The zero-order chi connectivity index (χ0) is 16.3. The normalized spacial score (nSPS) is 12.6. The van der Waals surface area contributed by atoms with Crippen LogP contribution in [0.4, 0.5) is 11.4 Å². The first-order valence-electron chi connectivity index (χ1n) is 5.82. The largest absolute Gasteiger partial charge is 0.277 e. The summed E-state index contributed by atoms with van der Waals surface area (Å²) < 4.78 is 23.0. The van der Waals surface area contributed by atoms with E-state index in [1.807, 2.05) is 0 Å². The summed E-state index contributed by atoms with van der Waals surface area (Å²) in [6, 6.07) is 6.74. The predicted molar refractivity (Wildman–Crippen MR) is 78.4 cm³/mol. The first-order chi connectivity index (χ1) is 9.59. The Labute approximate surface area is 122 Å². The van der Waals surface area contributed by atoms with Gasteiger partial charge in [-0.2, -0.15) is 10.4 Å². The molecule has 1 rings (SSSR count). The van der Waals surface area contributed by atoms with Crippen LogP contribution in [0.25, 0.3) is 0 Å².